The first-order chi connectivity index (χ1) is 10.7. The van der Waals surface area contributed by atoms with Crippen LogP contribution in [0.25, 0.3) is 10.8 Å². The molecule has 1 aliphatic heterocycles. The summed E-state index contributed by atoms with van der Waals surface area (Å²) >= 11 is 0. The molecule has 1 aliphatic rings. The molecule has 1 unspecified atom stereocenters. The van der Waals surface area contributed by atoms with Crippen LogP contribution in [-0.4, -0.2) is 37.5 Å². The fourth-order valence-electron chi connectivity index (χ4n) is 3.22. The van der Waals surface area contributed by atoms with Crippen molar-refractivity contribution in [2.45, 2.75) is 25.9 Å². The smallest absolute Gasteiger partial charge is 0.137 e. The van der Waals surface area contributed by atoms with Crippen molar-refractivity contribution in [3.63, 3.8) is 0 Å². The van der Waals surface area contributed by atoms with Gasteiger partial charge in [0, 0.05) is 0 Å². The molecule has 2 N–H and O–H groups in total. The van der Waals surface area contributed by atoms with E-state index in [9.17, 15) is 5.11 Å². The highest BCUT2D eigenvalue weighted by Crippen LogP contribution is 2.20. The van der Waals surface area contributed by atoms with Crippen molar-refractivity contribution in [1.82, 2.24) is 0 Å². The molecule has 0 bridgehead atoms. The van der Waals surface area contributed by atoms with Crippen molar-refractivity contribution in [3.05, 3.63) is 42.5 Å². The number of fused-ring (bicyclic) bond motifs is 1. The number of rotatable bonds is 5. The highest BCUT2D eigenvalue weighted by molar-refractivity contribution is 5.83. The van der Waals surface area contributed by atoms with Gasteiger partial charge in [-0.3, -0.25) is 0 Å². The Bertz CT molecular complexity index is 605. The van der Waals surface area contributed by atoms with E-state index < -0.39 is 6.10 Å². The Morgan fingerprint density at radius 3 is 2.64 bits per heavy atom. The van der Waals surface area contributed by atoms with E-state index in [0.717, 1.165) is 18.2 Å². The van der Waals surface area contributed by atoms with Crippen LogP contribution in [0.1, 0.15) is 19.8 Å². The third-order valence-corrected chi connectivity index (χ3v) is 4.67. The fraction of sp³-hybridized carbons (Fsp3) is 0.474. The molecule has 22 heavy (non-hydrogen) atoms. The number of aliphatic hydroxyl groups is 1. The van der Waals surface area contributed by atoms with E-state index in [1.54, 1.807) is 0 Å². The summed E-state index contributed by atoms with van der Waals surface area (Å²) in [5.41, 5.74) is 0. The van der Waals surface area contributed by atoms with Crippen molar-refractivity contribution in [3.8, 4) is 5.75 Å². The van der Waals surface area contributed by atoms with Crippen LogP contribution >= 0.6 is 0 Å². The molecule has 0 amide bonds. The number of likely N-dealkylation sites (tertiary alicyclic amines) is 1. The summed E-state index contributed by atoms with van der Waals surface area (Å²) < 4.78 is 5.78. The number of quaternary nitrogens is 1. The predicted octanol–water partition coefficient (Wildman–Crippen LogP) is 1.89. The molecule has 118 valence electrons. The zero-order valence-electron chi connectivity index (χ0n) is 13.3. The van der Waals surface area contributed by atoms with E-state index in [4.69, 9.17) is 4.74 Å². The van der Waals surface area contributed by atoms with Crippen LogP contribution in [0.15, 0.2) is 42.5 Å². The van der Waals surface area contributed by atoms with E-state index in [1.165, 1.54) is 41.6 Å². The molecule has 2 aromatic rings. The van der Waals surface area contributed by atoms with Gasteiger partial charge >= 0.3 is 0 Å². The van der Waals surface area contributed by atoms with Crippen LogP contribution in [0, 0.1) is 5.92 Å². The number of piperidine rings is 1. The molecular formula is C19H26NO2+. The molecule has 3 rings (SSSR count). The largest absolute Gasteiger partial charge is 0.491 e. The summed E-state index contributed by atoms with van der Waals surface area (Å²) in [7, 11) is 0. The van der Waals surface area contributed by atoms with Gasteiger partial charge in [0.25, 0.3) is 0 Å². The van der Waals surface area contributed by atoms with Gasteiger partial charge in [0.05, 0.1) is 13.1 Å². The molecule has 0 saturated carbocycles. The molecule has 0 aromatic heterocycles. The van der Waals surface area contributed by atoms with Gasteiger partial charge in [0.1, 0.15) is 25.0 Å². The van der Waals surface area contributed by atoms with Crippen molar-refractivity contribution in [2.24, 2.45) is 5.92 Å². The first-order valence-electron chi connectivity index (χ1n) is 8.34. The standard InChI is InChI=1S/C19H25NO2/c1-15-8-10-20(11-9-15)13-18(21)14-22-19-7-6-16-4-2-3-5-17(16)12-19/h2-7,12,15,18,21H,8-11,13-14H2,1H3/p+1. The second-order valence-corrected chi connectivity index (χ2v) is 6.61. The predicted molar refractivity (Wildman–Crippen MR) is 89.4 cm³/mol. The summed E-state index contributed by atoms with van der Waals surface area (Å²) in [5, 5.41) is 12.6. The molecule has 0 aliphatic carbocycles. The second kappa shape index (κ2) is 7.12. The minimum atomic E-state index is -0.394. The Kier molecular flexibility index (Phi) is 4.96. The summed E-state index contributed by atoms with van der Waals surface area (Å²) in [6.45, 7) is 5.83. The molecular weight excluding hydrogens is 274 g/mol. The molecule has 1 fully saturated rings. The molecule has 2 aromatic carbocycles. The van der Waals surface area contributed by atoms with Crippen LogP contribution in [-0.2, 0) is 0 Å². The maximum atomic E-state index is 10.2. The third-order valence-electron chi connectivity index (χ3n) is 4.67. The average Bonchev–Trinajstić information content (AvgIpc) is 2.55. The molecule has 0 radical (unpaired) electrons. The molecule has 3 nitrogen and oxygen atoms in total. The zero-order valence-corrected chi connectivity index (χ0v) is 13.3. The maximum absolute atomic E-state index is 10.2. The van der Waals surface area contributed by atoms with Gasteiger partial charge in [-0.1, -0.05) is 37.3 Å². The number of nitrogens with one attached hydrogen (secondary N) is 1. The highest BCUT2D eigenvalue weighted by atomic mass is 16.5. The first kappa shape index (κ1) is 15.3. The topological polar surface area (TPSA) is 33.9 Å². The van der Waals surface area contributed by atoms with Crippen LogP contribution in [0.2, 0.25) is 0 Å². The number of hydrogen-bond donors (Lipinski definition) is 2. The number of hydrogen-bond acceptors (Lipinski definition) is 2. The minimum absolute atomic E-state index is 0.372. The normalized spacial score (nSPS) is 23.4. The Balaban J connectivity index is 1.50. The van der Waals surface area contributed by atoms with Crippen LogP contribution < -0.4 is 9.64 Å². The second-order valence-electron chi connectivity index (χ2n) is 6.61. The maximum Gasteiger partial charge on any atom is 0.137 e. The third kappa shape index (κ3) is 3.99. The number of ether oxygens (including phenoxy) is 1. The van der Waals surface area contributed by atoms with Gasteiger partial charge < -0.3 is 14.7 Å². The monoisotopic (exact) mass is 300 g/mol. The Morgan fingerprint density at radius 2 is 1.86 bits per heavy atom. The molecule has 3 heteroatoms. The Morgan fingerprint density at radius 1 is 1.14 bits per heavy atom. The lowest BCUT2D eigenvalue weighted by Gasteiger charge is -2.28. The molecule has 1 saturated heterocycles. The van der Waals surface area contributed by atoms with Gasteiger partial charge in [-0.2, -0.15) is 0 Å². The molecule has 0 spiro atoms. The summed E-state index contributed by atoms with van der Waals surface area (Å²) in [6, 6.07) is 14.3. The van der Waals surface area contributed by atoms with Gasteiger partial charge in [0.2, 0.25) is 0 Å². The van der Waals surface area contributed by atoms with E-state index in [-0.39, 0.29) is 0 Å². The van der Waals surface area contributed by atoms with Crippen LogP contribution in [0.3, 0.4) is 0 Å². The van der Waals surface area contributed by atoms with Gasteiger partial charge in [-0.25, -0.2) is 0 Å². The van der Waals surface area contributed by atoms with Crippen LogP contribution in [0.5, 0.6) is 5.75 Å². The zero-order chi connectivity index (χ0) is 15.4. The summed E-state index contributed by atoms with van der Waals surface area (Å²) in [4.78, 5) is 1.51. The van der Waals surface area contributed by atoms with Crippen molar-refractivity contribution in [2.75, 3.05) is 26.2 Å². The quantitative estimate of drug-likeness (QED) is 0.884. The lowest BCUT2D eigenvalue weighted by molar-refractivity contribution is -0.909. The number of benzene rings is 2. The fourth-order valence-corrected chi connectivity index (χ4v) is 3.22. The van der Waals surface area contributed by atoms with Gasteiger partial charge in [-0.15, -0.1) is 0 Å². The number of aliphatic hydroxyl groups excluding tert-OH is 1. The lowest BCUT2D eigenvalue weighted by atomic mass is 9.99. The Hall–Kier alpha value is -1.58. The van der Waals surface area contributed by atoms with E-state index in [2.05, 4.69) is 25.1 Å². The Labute approximate surface area is 132 Å². The highest BCUT2D eigenvalue weighted by Gasteiger charge is 2.21. The van der Waals surface area contributed by atoms with Crippen molar-refractivity contribution in [1.29, 1.82) is 0 Å². The summed E-state index contributed by atoms with van der Waals surface area (Å²) in [6.07, 6.45) is 2.15. The van der Waals surface area contributed by atoms with Crippen molar-refractivity contribution >= 4 is 10.8 Å². The molecule has 1 heterocycles. The van der Waals surface area contributed by atoms with E-state index >= 15 is 0 Å². The van der Waals surface area contributed by atoms with Crippen molar-refractivity contribution < 1.29 is 14.7 Å². The van der Waals surface area contributed by atoms with E-state index in [1.807, 2.05) is 24.3 Å². The molecule has 1 atom stereocenters. The lowest BCUT2D eigenvalue weighted by Crippen LogP contribution is -3.14. The van der Waals surface area contributed by atoms with Gasteiger partial charge in [0.15, 0.2) is 0 Å². The SMILES string of the molecule is CC1CC[NH+](CC(O)COc2ccc3ccccc3c2)CC1. The minimum Gasteiger partial charge on any atom is -0.491 e. The van der Waals surface area contributed by atoms with E-state index in [0.29, 0.717) is 6.61 Å². The van der Waals surface area contributed by atoms with Gasteiger partial charge in [-0.05, 0) is 41.7 Å². The average molecular weight is 300 g/mol. The van der Waals surface area contributed by atoms with Crippen LogP contribution in [0.4, 0.5) is 0 Å². The summed E-state index contributed by atoms with van der Waals surface area (Å²) in [5.74, 6) is 1.68. The first-order valence-corrected chi connectivity index (χ1v) is 8.34.